The number of hydrogen-bond donors (Lipinski definition) is 1. The third kappa shape index (κ3) is 2.65. The molecule has 3 rings (SSSR count). The minimum absolute atomic E-state index is 0.250. The summed E-state index contributed by atoms with van der Waals surface area (Å²) in [5, 5.41) is 3.61. The molecule has 0 saturated carbocycles. The summed E-state index contributed by atoms with van der Waals surface area (Å²) in [7, 11) is 0. The lowest BCUT2D eigenvalue weighted by Crippen LogP contribution is -2.09. The smallest absolute Gasteiger partial charge is 0.348 e. The molecule has 0 amide bonds. The van der Waals surface area contributed by atoms with Gasteiger partial charge in [-0.1, -0.05) is 36.4 Å². The van der Waals surface area contributed by atoms with Gasteiger partial charge in [0, 0.05) is 6.54 Å². The zero-order chi connectivity index (χ0) is 14.8. The van der Waals surface area contributed by atoms with Crippen molar-refractivity contribution in [1.29, 1.82) is 0 Å². The number of fused-ring (bicyclic) bond motifs is 1. The Hall–Kier alpha value is -2.62. The second-order valence-electron chi connectivity index (χ2n) is 5.05. The Morgan fingerprint density at radius 1 is 1.10 bits per heavy atom. The summed E-state index contributed by atoms with van der Waals surface area (Å²) >= 11 is 0. The van der Waals surface area contributed by atoms with Gasteiger partial charge in [0.15, 0.2) is 0 Å². The normalized spacial score (nSPS) is 10.8. The average molecular weight is 280 g/mol. The first-order valence-electron chi connectivity index (χ1n) is 6.84. The number of rotatable bonds is 3. The molecule has 4 heteroatoms. The van der Waals surface area contributed by atoms with E-state index in [2.05, 4.69) is 10.3 Å². The van der Waals surface area contributed by atoms with Crippen LogP contribution in [0.3, 0.4) is 0 Å². The fourth-order valence-corrected chi connectivity index (χ4v) is 2.27. The van der Waals surface area contributed by atoms with Crippen LogP contribution in [0.5, 0.6) is 0 Å². The van der Waals surface area contributed by atoms with Gasteiger partial charge in [-0.05, 0) is 36.6 Å². The van der Waals surface area contributed by atoms with Crippen molar-refractivity contribution in [3.8, 4) is 0 Å². The maximum absolute atomic E-state index is 12.1. The van der Waals surface area contributed by atoms with Crippen molar-refractivity contribution in [2.45, 2.75) is 20.4 Å². The van der Waals surface area contributed by atoms with Gasteiger partial charge in [0.05, 0.1) is 10.9 Å². The van der Waals surface area contributed by atoms with Gasteiger partial charge in [0.1, 0.15) is 0 Å². The maximum atomic E-state index is 12.1. The number of benzene rings is 2. The molecule has 0 bridgehead atoms. The fourth-order valence-electron chi connectivity index (χ4n) is 2.27. The van der Waals surface area contributed by atoms with E-state index in [1.807, 2.05) is 56.3 Å². The molecule has 0 unspecified atom stereocenters. The second kappa shape index (κ2) is 5.40. The molecule has 0 aliphatic rings. The van der Waals surface area contributed by atoms with E-state index < -0.39 is 0 Å². The Balaban J connectivity index is 1.94. The van der Waals surface area contributed by atoms with Gasteiger partial charge in [0.25, 0.3) is 6.01 Å². The lowest BCUT2D eigenvalue weighted by molar-refractivity contribution is 0.516. The van der Waals surface area contributed by atoms with Crippen LogP contribution in [0.25, 0.3) is 10.9 Å². The topological polar surface area (TPSA) is 55.1 Å². The number of nitrogens with one attached hydrogen (secondary N) is 1. The lowest BCUT2D eigenvalue weighted by atomic mass is 10.1. The third-order valence-corrected chi connectivity index (χ3v) is 3.62. The standard InChI is InChI=1S/C17H16N2O2/c1-11-8-9-14-15(12(11)2)16(20)21-17(19-14)18-10-13-6-4-3-5-7-13/h3-9H,10H2,1-2H3,(H,18,19). The van der Waals surface area contributed by atoms with Crippen LogP contribution in [-0.4, -0.2) is 4.98 Å². The molecule has 106 valence electrons. The summed E-state index contributed by atoms with van der Waals surface area (Å²) in [6.07, 6.45) is 0. The molecule has 0 aliphatic heterocycles. The van der Waals surface area contributed by atoms with Gasteiger partial charge in [0.2, 0.25) is 0 Å². The highest BCUT2D eigenvalue weighted by Gasteiger charge is 2.10. The number of hydrogen-bond acceptors (Lipinski definition) is 4. The van der Waals surface area contributed by atoms with Crippen LogP contribution >= 0.6 is 0 Å². The van der Waals surface area contributed by atoms with E-state index in [1.165, 1.54) is 0 Å². The summed E-state index contributed by atoms with van der Waals surface area (Å²) in [5.41, 5.74) is 3.38. The molecule has 1 aromatic heterocycles. The van der Waals surface area contributed by atoms with E-state index >= 15 is 0 Å². The molecular weight excluding hydrogens is 264 g/mol. The first-order chi connectivity index (χ1) is 10.1. The highest BCUT2D eigenvalue weighted by Crippen LogP contribution is 2.18. The predicted molar refractivity (Wildman–Crippen MR) is 83.5 cm³/mol. The van der Waals surface area contributed by atoms with Gasteiger partial charge in [-0.15, -0.1) is 0 Å². The van der Waals surface area contributed by atoms with Crippen molar-refractivity contribution in [2.75, 3.05) is 5.32 Å². The predicted octanol–water partition coefficient (Wildman–Crippen LogP) is 3.42. The van der Waals surface area contributed by atoms with Crippen molar-refractivity contribution >= 4 is 16.9 Å². The molecule has 0 atom stereocenters. The summed E-state index contributed by atoms with van der Waals surface area (Å²) < 4.78 is 5.27. The first-order valence-corrected chi connectivity index (χ1v) is 6.84. The highest BCUT2D eigenvalue weighted by molar-refractivity contribution is 5.82. The van der Waals surface area contributed by atoms with E-state index in [0.717, 1.165) is 16.7 Å². The summed E-state index contributed by atoms with van der Waals surface area (Å²) in [5.74, 6) is 0. The van der Waals surface area contributed by atoms with Crippen molar-refractivity contribution in [3.05, 3.63) is 69.6 Å². The Labute approximate surface area is 122 Å². The van der Waals surface area contributed by atoms with Crippen LogP contribution in [0.2, 0.25) is 0 Å². The van der Waals surface area contributed by atoms with Crippen LogP contribution in [0.1, 0.15) is 16.7 Å². The van der Waals surface area contributed by atoms with Gasteiger partial charge >= 0.3 is 5.63 Å². The molecule has 1 N–H and O–H groups in total. The Bertz CT molecular complexity index is 839. The van der Waals surface area contributed by atoms with E-state index in [9.17, 15) is 4.79 Å². The highest BCUT2D eigenvalue weighted by atomic mass is 16.4. The maximum Gasteiger partial charge on any atom is 0.348 e. The SMILES string of the molecule is Cc1ccc2nc(NCc3ccccc3)oc(=O)c2c1C. The van der Waals surface area contributed by atoms with Crippen molar-refractivity contribution in [1.82, 2.24) is 4.98 Å². The molecule has 0 aliphatic carbocycles. The quantitative estimate of drug-likeness (QED) is 0.798. The Morgan fingerprint density at radius 2 is 1.86 bits per heavy atom. The fraction of sp³-hybridized carbons (Fsp3) is 0.176. The lowest BCUT2D eigenvalue weighted by Gasteiger charge is -2.07. The average Bonchev–Trinajstić information content (AvgIpc) is 2.50. The number of aromatic nitrogens is 1. The monoisotopic (exact) mass is 280 g/mol. The molecular formula is C17H16N2O2. The summed E-state index contributed by atoms with van der Waals surface area (Å²) in [6, 6.07) is 14.0. The number of anilines is 1. The zero-order valence-electron chi connectivity index (χ0n) is 12.0. The molecule has 0 saturated heterocycles. The summed E-state index contributed by atoms with van der Waals surface area (Å²) in [6.45, 7) is 4.44. The minimum Gasteiger partial charge on any atom is -0.389 e. The van der Waals surface area contributed by atoms with Gasteiger partial charge in [-0.3, -0.25) is 0 Å². The third-order valence-electron chi connectivity index (χ3n) is 3.62. The van der Waals surface area contributed by atoms with Crippen molar-refractivity contribution in [2.24, 2.45) is 0 Å². The Morgan fingerprint density at radius 3 is 2.62 bits per heavy atom. The molecule has 0 spiro atoms. The van der Waals surface area contributed by atoms with Crippen LogP contribution in [0.15, 0.2) is 51.7 Å². The number of nitrogens with zero attached hydrogens (tertiary/aromatic N) is 1. The second-order valence-corrected chi connectivity index (χ2v) is 5.05. The number of aryl methyl sites for hydroxylation is 2. The van der Waals surface area contributed by atoms with Gasteiger partial charge in [-0.25, -0.2) is 4.79 Å². The van der Waals surface area contributed by atoms with E-state index in [4.69, 9.17) is 4.42 Å². The molecule has 2 aromatic carbocycles. The Kier molecular flexibility index (Phi) is 3.44. The van der Waals surface area contributed by atoms with Crippen molar-refractivity contribution in [3.63, 3.8) is 0 Å². The largest absolute Gasteiger partial charge is 0.389 e. The summed E-state index contributed by atoms with van der Waals surface area (Å²) in [4.78, 5) is 16.5. The molecule has 3 aromatic rings. The van der Waals surface area contributed by atoms with E-state index in [0.29, 0.717) is 17.4 Å². The van der Waals surface area contributed by atoms with Crippen LogP contribution in [0, 0.1) is 13.8 Å². The first kappa shape index (κ1) is 13.4. The van der Waals surface area contributed by atoms with Crippen LogP contribution in [0.4, 0.5) is 6.01 Å². The molecule has 21 heavy (non-hydrogen) atoms. The van der Waals surface area contributed by atoms with E-state index in [-0.39, 0.29) is 11.6 Å². The molecule has 1 heterocycles. The van der Waals surface area contributed by atoms with Crippen LogP contribution < -0.4 is 10.9 Å². The minimum atomic E-state index is -0.350. The molecule has 0 fully saturated rings. The zero-order valence-corrected chi connectivity index (χ0v) is 12.0. The van der Waals surface area contributed by atoms with E-state index in [1.54, 1.807) is 0 Å². The van der Waals surface area contributed by atoms with Gasteiger partial charge < -0.3 is 9.73 Å². The van der Waals surface area contributed by atoms with Crippen molar-refractivity contribution < 1.29 is 4.42 Å². The molecule has 4 nitrogen and oxygen atoms in total. The van der Waals surface area contributed by atoms with Gasteiger partial charge in [-0.2, -0.15) is 4.98 Å². The van der Waals surface area contributed by atoms with Crippen LogP contribution in [-0.2, 0) is 6.54 Å². The molecule has 0 radical (unpaired) electrons.